The third-order valence-corrected chi connectivity index (χ3v) is 6.09. The molecule has 8 nitrogen and oxygen atoms in total. The van der Waals surface area contributed by atoms with E-state index in [9.17, 15) is 9.59 Å². The number of aromatic amines is 1. The molecule has 1 aliphatic rings. The maximum absolute atomic E-state index is 12.2. The van der Waals surface area contributed by atoms with Gasteiger partial charge < -0.3 is 15.2 Å². The van der Waals surface area contributed by atoms with Crippen LogP contribution in [0, 0.1) is 0 Å². The first kappa shape index (κ1) is 21.0. The van der Waals surface area contributed by atoms with Gasteiger partial charge in [-0.1, -0.05) is 6.92 Å². The molecule has 4 heterocycles. The Hall–Kier alpha value is -3.26. The second-order valence-corrected chi connectivity index (χ2v) is 7.86. The van der Waals surface area contributed by atoms with Crippen molar-refractivity contribution in [1.29, 1.82) is 0 Å². The summed E-state index contributed by atoms with van der Waals surface area (Å²) >= 11 is 0. The number of piperazine rings is 1. The molecule has 3 aromatic heterocycles. The number of amides is 1. The number of carbonyl (C=O) groups is 1. The molecule has 0 radical (unpaired) electrons. The first-order valence-electron chi connectivity index (χ1n) is 10.7. The SMILES string of the molecule is CCc1cc2ncc([C@@H](C)N3CCN(c4ccc(C(=O)NC)nc4)CC3)cc2[nH]c1=O. The Labute approximate surface area is 181 Å². The second-order valence-electron chi connectivity index (χ2n) is 7.86. The zero-order valence-electron chi connectivity index (χ0n) is 18.2. The molecule has 1 saturated heterocycles. The lowest BCUT2D eigenvalue weighted by molar-refractivity contribution is 0.0958. The number of hydrogen-bond donors (Lipinski definition) is 2. The molecule has 3 aromatic rings. The first-order chi connectivity index (χ1) is 15.0. The van der Waals surface area contributed by atoms with Gasteiger partial charge in [-0.2, -0.15) is 0 Å². The summed E-state index contributed by atoms with van der Waals surface area (Å²) in [5.41, 5.74) is 4.87. The van der Waals surface area contributed by atoms with Crippen LogP contribution in [0.2, 0.25) is 0 Å². The molecule has 2 N–H and O–H groups in total. The summed E-state index contributed by atoms with van der Waals surface area (Å²) in [6.45, 7) is 7.71. The molecule has 31 heavy (non-hydrogen) atoms. The Morgan fingerprint density at radius 3 is 2.58 bits per heavy atom. The molecule has 0 saturated carbocycles. The van der Waals surface area contributed by atoms with Crippen molar-refractivity contribution >= 4 is 22.6 Å². The number of hydrogen-bond acceptors (Lipinski definition) is 6. The number of fused-ring (bicyclic) bond motifs is 1. The van der Waals surface area contributed by atoms with Crippen molar-refractivity contribution < 1.29 is 4.79 Å². The lowest BCUT2D eigenvalue weighted by atomic mass is 10.1. The van der Waals surface area contributed by atoms with E-state index < -0.39 is 0 Å². The van der Waals surface area contributed by atoms with Crippen LogP contribution in [0.25, 0.3) is 11.0 Å². The number of H-pyrrole nitrogens is 1. The average Bonchev–Trinajstić information content (AvgIpc) is 2.82. The molecular weight excluding hydrogens is 392 g/mol. The molecule has 1 amide bonds. The van der Waals surface area contributed by atoms with Crippen LogP contribution in [0.15, 0.2) is 41.5 Å². The van der Waals surface area contributed by atoms with Gasteiger partial charge in [0.05, 0.1) is 22.9 Å². The maximum Gasteiger partial charge on any atom is 0.269 e. The predicted octanol–water partition coefficient (Wildman–Crippen LogP) is 2.12. The first-order valence-corrected chi connectivity index (χ1v) is 10.7. The van der Waals surface area contributed by atoms with Crippen LogP contribution in [0.5, 0.6) is 0 Å². The molecule has 0 spiro atoms. The monoisotopic (exact) mass is 420 g/mol. The number of nitrogens with one attached hydrogen (secondary N) is 2. The van der Waals surface area contributed by atoms with Crippen LogP contribution in [0.4, 0.5) is 5.69 Å². The van der Waals surface area contributed by atoms with Crippen LogP contribution in [-0.4, -0.2) is 59.0 Å². The number of aromatic nitrogens is 3. The van der Waals surface area contributed by atoms with Gasteiger partial charge in [0, 0.05) is 51.0 Å². The van der Waals surface area contributed by atoms with Crippen LogP contribution in [0.3, 0.4) is 0 Å². The van der Waals surface area contributed by atoms with Gasteiger partial charge >= 0.3 is 0 Å². The lowest BCUT2D eigenvalue weighted by Gasteiger charge is -2.39. The summed E-state index contributed by atoms with van der Waals surface area (Å²) in [7, 11) is 1.60. The van der Waals surface area contributed by atoms with E-state index in [1.54, 1.807) is 19.3 Å². The predicted molar refractivity (Wildman–Crippen MR) is 122 cm³/mol. The van der Waals surface area contributed by atoms with Crippen LogP contribution in [0.1, 0.15) is 41.5 Å². The van der Waals surface area contributed by atoms with Crippen molar-refractivity contribution in [3.05, 3.63) is 63.8 Å². The largest absolute Gasteiger partial charge is 0.368 e. The van der Waals surface area contributed by atoms with E-state index in [-0.39, 0.29) is 17.5 Å². The number of aryl methyl sites for hydroxylation is 1. The third-order valence-electron chi connectivity index (χ3n) is 6.09. The molecule has 0 bridgehead atoms. The quantitative estimate of drug-likeness (QED) is 0.657. The fraction of sp³-hybridized carbons (Fsp3) is 0.391. The van der Waals surface area contributed by atoms with E-state index in [4.69, 9.17) is 0 Å². The summed E-state index contributed by atoms with van der Waals surface area (Å²) in [6, 6.07) is 7.83. The van der Waals surface area contributed by atoms with E-state index in [1.165, 1.54) is 0 Å². The summed E-state index contributed by atoms with van der Waals surface area (Å²) in [4.78, 5) is 40.4. The van der Waals surface area contributed by atoms with Crippen molar-refractivity contribution in [3.8, 4) is 0 Å². The van der Waals surface area contributed by atoms with E-state index in [1.807, 2.05) is 31.3 Å². The highest BCUT2D eigenvalue weighted by molar-refractivity contribution is 5.92. The zero-order valence-corrected chi connectivity index (χ0v) is 18.2. The van der Waals surface area contributed by atoms with E-state index >= 15 is 0 Å². The van der Waals surface area contributed by atoms with E-state index in [0.717, 1.165) is 54.0 Å². The molecule has 1 atom stereocenters. The maximum atomic E-state index is 12.2. The Balaban J connectivity index is 1.43. The van der Waals surface area contributed by atoms with Crippen molar-refractivity contribution in [3.63, 3.8) is 0 Å². The highest BCUT2D eigenvalue weighted by Crippen LogP contribution is 2.25. The molecule has 0 aromatic carbocycles. The Morgan fingerprint density at radius 2 is 1.94 bits per heavy atom. The molecular formula is C23H28N6O2. The van der Waals surface area contributed by atoms with Gasteiger partial charge in [0.2, 0.25) is 0 Å². The number of nitrogens with zero attached hydrogens (tertiary/aromatic N) is 4. The highest BCUT2D eigenvalue weighted by Gasteiger charge is 2.23. The smallest absolute Gasteiger partial charge is 0.269 e. The van der Waals surface area contributed by atoms with Gasteiger partial charge in [0.15, 0.2) is 0 Å². The minimum absolute atomic E-state index is 0.0359. The number of rotatable bonds is 5. The van der Waals surface area contributed by atoms with Gasteiger partial charge in [0.1, 0.15) is 5.69 Å². The minimum atomic E-state index is -0.179. The van der Waals surface area contributed by atoms with Gasteiger partial charge in [-0.3, -0.25) is 19.5 Å². The topological polar surface area (TPSA) is 94.2 Å². The van der Waals surface area contributed by atoms with Gasteiger partial charge in [0.25, 0.3) is 11.5 Å². The van der Waals surface area contributed by atoms with Crippen LogP contribution < -0.4 is 15.8 Å². The molecule has 162 valence electrons. The molecule has 1 aliphatic heterocycles. The average molecular weight is 421 g/mol. The Morgan fingerprint density at radius 1 is 1.16 bits per heavy atom. The summed E-state index contributed by atoms with van der Waals surface area (Å²) < 4.78 is 0. The van der Waals surface area contributed by atoms with Gasteiger partial charge in [-0.05, 0) is 43.2 Å². The zero-order chi connectivity index (χ0) is 22.0. The number of carbonyl (C=O) groups excluding carboxylic acids is 1. The highest BCUT2D eigenvalue weighted by atomic mass is 16.1. The Kier molecular flexibility index (Phi) is 5.99. The fourth-order valence-electron chi connectivity index (χ4n) is 4.04. The standard InChI is InChI=1S/C23H28N6O2/c1-4-16-11-20-21(27-22(16)30)12-17(13-25-20)15(2)28-7-9-29(10-8-28)18-5-6-19(26-14-18)23(31)24-3/h5-6,11-15H,4,7-10H2,1-3H3,(H,24,31)(H,27,30)/t15-/m1/s1. The number of pyridine rings is 3. The number of anilines is 1. The molecule has 0 unspecified atom stereocenters. The normalized spacial score (nSPS) is 15.8. The molecule has 8 heteroatoms. The Bertz CT molecular complexity index is 1130. The minimum Gasteiger partial charge on any atom is -0.368 e. The van der Waals surface area contributed by atoms with E-state index in [2.05, 4.69) is 37.0 Å². The van der Waals surface area contributed by atoms with Crippen molar-refractivity contribution in [2.75, 3.05) is 38.1 Å². The fourth-order valence-corrected chi connectivity index (χ4v) is 4.04. The summed E-state index contributed by atoms with van der Waals surface area (Å²) in [6.07, 6.45) is 4.37. The summed E-state index contributed by atoms with van der Waals surface area (Å²) in [5, 5.41) is 2.59. The van der Waals surface area contributed by atoms with Crippen LogP contribution >= 0.6 is 0 Å². The molecule has 0 aliphatic carbocycles. The molecule has 4 rings (SSSR count). The van der Waals surface area contributed by atoms with Gasteiger partial charge in [-0.15, -0.1) is 0 Å². The molecule has 1 fully saturated rings. The second kappa shape index (κ2) is 8.85. The third kappa shape index (κ3) is 4.29. The summed E-state index contributed by atoms with van der Waals surface area (Å²) in [5.74, 6) is -0.179. The van der Waals surface area contributed by atoms with Crippen LogP contribution in [-0.2, 0) is 6.42 Å². The van der Waals surface area contributed by atoms with Crippen molar-refractivity contribution in [1.82, 2.24) is 25.2 Å². The lowest BCUT2D eigenvalue weighted by Crippen LogP contribution is -2.47. The van der Waals surface area contributed by atoms with Crippen molar-refractivity contribution in [2.45, 2.75) is 26.3 Å². The van der Waals surface area contributed by atoms with Gasteiger partial charge in [-0.25, -0.2) is 4.98 Å². The van der Waals surface area contributed by atoms with E-state index in [0.29, 0.717) is 12.1 Å². The van der Waals surface area contributed by atoms with Crippen molar-refractivity contribution in [2.24, 2.45) is 0 Å².